The van der Waals surface area contributed by atoms with Crippen molar-refractivity contribution in [2.24, 2.45) is 0 Å². The zero-order valence-corrected chi connectivity index (χ0v) is 18.6. The highest BCUT2D eigenvalue weighted by atomic mass is 19.1. The standard InChI is InChI=1S/C23H34FN3O3/c1-22(2,3)30-21(29)27-16-23(25(4)17-27)11-14-26(15-12-23)13-5-6-20(28)18-7-9-19(24)10-8-18/h7-10H,5-6,11-17H2,1-4H3. The number of benzene rings is 1. The van der Waals surface area contributed by atoms with E-state index >= 15 is 0 Å². The highest BCUT2D eigenvalue weighted by Gasteiger charge is 2.46. The molecule has 1 spiro atoms. The first-order valence-corrected chi connectivity index (χ1v) is 10.8. The predicted molar refractivity (Wildman–Crippen MR) is 114 cm³/mol. The maximum absolute atomic E-state index is 13.0. The third-order valence-electron chi connectivity index (χ3n) is 6.16. The molecule has 6 nitrogen and oxygen atoms in total. The number of Topliss-reactive ketones (excluding diaryl/α,β-unsaturated/α-hetero) is 1. The van der Waals surface area contributed by atoms with Crippen molar-refractivity contribution < 1.29 is 18.7 Å². The summed E-state index contributed by atoms with van der Waals surface area (Å²) >= 11 is 0. The fraction of sp³-hybridized carbons (Fsp3) is 0.652. The van der Waals surface area contributed by atoms with Crippen molar-refractivity contribution >= 4 is 11.9 Å². The molecule has 30 heavy (non-hydrogen) atoms. The van der Waals surface area contributed by atoms with E-state index < -0.39 is 5.60 Å². The van der Waals surface area contributed by atoms with Gasteiger partial charge in [-0.25, -0.2) is 9.18 Å². The zero-order chi connectivity index (χ0) is 21.9. The molecular formula is C23H34FN3O3. The first-order chi connectivity index (χ1) is 14.1. The molecule has 2 aliphatic rings. The highest BCUT2D eigenvalue weighted by Crippen LogP contribution is 2.34. The Morgan fingerprint density at radius 1 is 1.13 bits per heavy atom. The summed E-state index contributed by atoms with van der Waals surface area (Å²) in [6.07, 6.45) is 3.01. The lowest BCUT2D eigenvalue weighted by molar-refractivity contribution is 0.0269. The van der Waals surface area contributed by atoms with Gasteiger partial charge in [-0.3, -0.25) is 14.6 Å². The van der Waals surface area contributed by atoms with Crippen LogP contribution >= 0.6 is 0 Å². The molecular weight excluding hydrogens is 385 g/mol. The van der Waals surface area contributed by atoms with Crippen LogP contribution in [0.4, 0.5) is 9.18 Å². The fourth-order valence-corrected chi connectivity index (χ4v) is 4.36. The molecule has 0 atom stereocenters. The van der Waals surface area contributed by atoms with Gasteiger partial charge in [-0.15, -0.1) is 0 Å². The minimum atomic E-state index is -0.486. The molecule has 0 saturated carbocycles. The summed E-state index contributed by atoms with van der Waals surface area (Å²) in [5, 5.41) is 0. The van der Waals surface area contributed by atoms with Gasteiger partial charge in [0, 0.05) is 24.1 Å². The van der Waals surface area contributed by atoms with E-state index in [1.54, 1.807) is 12.1 Å². The van der Waals surface area contributed by atoms with Crippen LogP contribution in [0.1, 0.15) is 56.8 Å². The van der Waals surface area contributed by atoms with E-state index in [1.165, 1.54) is 12.1 Å². The van der Waals surface area contributed by atoms with Gasteiger partial charge < -0.3 is 9.64 Å². The topological polar surface area (TPSA) is 53.1 Å². The number of likely N-dealkylation sites (tertiary alicyclic amines) is 1. The number of hydrogen-bond acceptors (Lipinski definition) is 5. The fourth-order valence-electron chi connectivity index (χ4n) is 4.36. The second-order valence-electron chi connectivity index (χ2n) is 9.62. The van der Waals surface area contributed by atoms with Crippen LogP contribution in [0.2, 0.25) is 0 Å². The summed E-state index contributed by atoms with van der Waals surface area (Å²) in [5.41, 5.74) is 0.0982. The summed E-state index contributed by atoms with van der Waals surface area (Å²) in [6.45, 7) is 9.76. The molecule has 0 radical (unpaired) electrons. The number of hydrogen-bond donors (Lipinski definition) is 0. The highest BCUT2D eigenvalue weighted by molar-refractivity contribution is 5.95. The Balaban J connectivity index is 1.43. The number of carbonyl (C=O) groups excluding carboxylic acids is 2. The van der Waals surface area contributed by atoms with Crippen LogP contribution in [0.3, 0.4) is 0 Å². The third-order valence-corrected chi connectivity index (χ3v) is 6.16. The molecule has 166 valence electrons. The Kier molecular flexibility index (Phi) is 6.82. The third kappa shape index (κ3) is 5.58. The van der Waals surface area contributed by atoms with Crippen LogP contribution in [-0.2, 0) is 4.74 Å². The van der Waals surface area contributed by atoms with Crippen molar-refractivity contribution in [2.75, 3.05) is 39.9 Å². The molecule has 2 heterocycles. The zero-order valence-electron chi connectivity index (χ0n) is 18.6. The molecule has 2 aliphatic heterocycles. The summed E-state index contributed by atoms with van der Waals surface area (Å²) in [6, 6.07) is 5.76. The number of likely N-dealkylation sites (N-methyl/N-ethyl adjacent to an activating group) is 1. The maximum atomic E-state index is 13.0. The number of piperidine rings is 1. The minimum absolute atomic E-state index is 0.0112. The van der Waals surface area contributed by atoms with Crippen molar-refractivity contribution in [3.63, 3.8) is 0 Å². The first-order valence-electron chi connectivity index (χ1n) is 10.8. The van der Waals surface area contributed by atoms with Crippen molar-refractivity contribution in [3.8, 4) is 0 Å². The average molecular weight is 420 g/mol. The molecule has 0 aliphatic carbocycles. The van der Waals surface area contributed by atoms with E-state index in [0.29, 0.717) is 25.2 Å². The van der Waals surface area contributed by atoms with E-state index in [0.717, 1.165) is 38.9 Å². The summed E-state index contributed by atoms with van der Waals surface area (Å²) in [7, 11) is 2.08. The Morgan fingerprint density at radius 2 is 1.77 bits per heavy atom. The van der Waals surface area contributed by atoms with Crippen molar-refractivity contribution in [3.05, 3.63) is 35.6 Å². The van der Waals surface area contributed by atoms with Crippen molar-refractivity contribution in [2.45, 2.75) is 57.6 Å². The van der Waals surface area contributed by atoms with Crippen LogP contribution < -0.4 is 0 Å². The molecule has 7 heteroatoms. The molecule has 0 bridgehead atoms. The lowest BCUT2D eigenvalue weighted by atomic mass is 9.87. The molecule has 1 aromatic rings. The Bertz CT molecular complexity index is 752. The second kappa shape index (κ2) is 9.02. The van der Waals surface area contributed by atoms with Gasteiger partial charge in [0.25, 0.3) is 0 Å². The summed E-state index contributed by atoms with van der Waals surface area (Å²) < 4.78 is 18.5. The Morgan fingerprint density at radius 3 is 2.37 bits per heavy atom. The quantitative estimate of drug-likeness (QED) is 0.680. The van der Waals surface area contributed by atoms with Gasteiger partial charge in [0.2, 0.25) is 0 Å². The van der Waals surface area contributed by atoms with Crippen LogP contribution in [0.15, 0.2) is 24.3 Å². The first kappa shape index (κ1) is 22.7. The number of ketones is 1. The molecule has 0 N–H and O–H groups in total. The van der Waals surface area contributed by atoms with Gasteiger partial charge in [-0.1, -0.05) is 0 Å². The van der Waals surface area contributed by atoms with Crippen LogP contribution in [0.25, 0.3) is 0 Å². The average Bonchev–Trinajstić information content (AvgIpc) is 2.99. The molecule has 0 unspecified atom stereocenters. The number of ether oxygens (including phenoxy) is 1. The van der Waals surface area contributed by atoms with Crippen molar-refractivity contribution in [1.29, 1.82) is 0 Å². The number of rotatable bonds is 5. The smallest absolute Gasteiger partial charge is 0.411 e. The second-order valence-corrected chi connectivity index (χ2v) is 9.62. The maximum Gasteiger partial charge on any atom is 0.411 e. The molecule has 3 rings (SSSR count). The Labute approximate surface area is 179 Å². The lowest BCUT2D eigenvalue weighted by Crippen LogP contribution is -2.52. The molecule has 1 amide bonds. The van der Waals surface area contributed by atoms with Gasteiger partial charge in [-0.2, -0.15) is 0 Å². The largest absolute Gasteiger partial charge is 0.444 e. The van der Waals surface area contributed by atoms with E-state index in [-0.39, 0.29) is 23.2 Å². The van der Waals surface area contributed by atoms with Gasteiger partial charge in [0.05, 0.1) is 6.67 Å². The lowest BCUT2D eigenvalue weighted by Gasteiger charge is -2.42. The van der Waals surface area contributed by atoms with Crippen molar-refractivity contribution in [1.82, 2.24) is 14.7 Å². The SMILES string of the molecule is CN1CN(C(=O)OC(C)(C)C)CC12CCN(CCCC(=O)c1ccc(F)cc1)CC2. The van der Waals surface area contributed by atoms with Crippen LogP contribution in [0, 0.1) is 5.82 Å². The molecule has 2 saturated heterocycles. The number of halogens is 1. The van der Waals surface area contributed by atoms with E-state index in [9.17, 15) is 14.0 Å². The minimum Gasteiger partial charge on any atom is -0.444 e. The van der Waals surface area contributed by atoms with Crippen LogP contribution in [0.5, 0.6) is 0 Å². The molecule has 2 fully saturated rings. The number of nitrogens with zero attached hydrogens (tertiary/aromatic N) is 3. The van der Waals surface area contributed by atoms with E-state index in [4.69, 9.17) is 4.74 Å². The summed E-state index contributed by atoms with van der Waals surface area (Å²) in [4.78, 5) is 31.2. The normalized spacial score (nSPS) is 20.0. The van der Waals surface area contributed by atoms with Gasteiger partial charge in [0.15, 0.2) is 5.78 Å². The summed E-state index contributed by atoms with van der Waals surface area (Å²) in [5.74, 6) is -0.261. The number of carbonyl (C=O) groups is 2. The van der Waals surface area contributed by atoms with Gasteiger partial charge >= 0.3 is 6.09 Å². The van der Waals surface area contributed by atoms with Gasteiger partial charge in [0.1, 0.15) is 11.4 Å². The van der Waals surface area contributed by atoms with Gasteiger partial charge in [-0.05, 0) is 91.0 Å². The monoisotopic (exact) mass is 419 g/mol. The number of amides is 1. The van der Waals surface area contributed by atoms with Crippen LogP contribution in [-0.4, -0.2) is 77.6 Å². The predicted octanol–water partition coefficient (Wildman–Crippen LogP) is 3.76. The van der Waals surface area contributed by atoms with E-state index in [1.807, 2.05) is 25.7 Å². The Hall–Kier alpha value is -1.99. The van der Waals surface area contributed by atoms with E-state index in [2.05, 4.69) is 16.8 Å². The molecule has 0 aromatic heterocycles. The molecule has 1 aromatic carbocycles.